The van der Waals surface area contributed by atoms with Crippen LogP contribution in [0.4, 0.5) is 0 Å². The van der Waals surface area contributed by atoms with E-state index >= 15 is 0 Å². The summed E-state index contributed by atoms with van der Waals surface area (Å²) < 4.78 is 5.08. The first-order chi connectivity index (χ1) is 5.31. The molecule has 0 spiro atoms. The molecule has 0 heterocycles. The van der Waals surface area contributed by atoms with E-state index in [1.54, 1.807) is 0 Å². The number of amides is 1. The molecule has 66 valence electrons. The maximum atomic E-state index is 10.8. The van der Waals surface area contributed by atoms with Gasteiger partial charge in [-0.15, -0.1) is 0 Å². The second kappa shape index (κ2) is 7.54. The van der Waals surface area contributed by atoms with Gasteiger partial charge in [-0.05, 0) is 20.3 Å². The first kappa shape index (κ1) is 10.4. The van der Waals surface area contributed by atoms with E-state index in [1.165, 1.54) is 0 Å². The molecule has 1 N–H and O–H groups in total. The lowest BCUT2D eigenvalue weighted by Crippen LogP contribution is -2.22. The largest absolute Gasteiger partial charge is 0.382 e. The Morgan fingerprint density at radius 2 is 2.18 bits per heavy atom. The lowest BCUT2D eigenvalue weighted by molar-refractivity contribution is -0.121. The Hall–Kier alpha value is -0.570. The summed E-state index contributed by atoms with van der Waals surface area (Å²) in [6.07, 6.45) is 1.40. The number of hydrogen-bond donors (Lipinski definition) is 1. The first-order valence-electron chi connectivity index (χ1n) is 4.15. The molecule has 0 rings (SSSR count). The fourth-order valence-corrected chi connectivity index (χ4v) is 0.765. The van der Waals surface area contributed by atoms with Crippen molar-refractivity contribution in [3.05, 3.63) is 0 Å². The van der Waals surface area contributed by atoms with Gasteiger partial charge in [-0.25, -0.2) is 0 Å². The van der Waals surface area contributed by atoms with Crippen LogP contribution in [0, 0.1) is 0 Å². The summed E-state index contributed by atoms with van der Waals surface area (Å²) in [5, 5.41) is 2.73. The number of carbonyl (C=O) groups is 1. The van der Waals surface area contributed by atoms with Crippen LogP contribution in [0.2, 0.25) is 0 Å². The van der Waals surface area contributed by atoms with Crippen LogP contribution in [0.15, 0.2) is 0 Å². The van der Waals surface area contributed by atoms with Gasteiger partial charge >= 0.3 is 0 Å². The lowest BCUT2D eigenvalue weighted by atomic mass is 10.3. The van der Waals surface area contributed by atoms with Crippen molar-refractivity contribution < 1.29 is 9.53 Å². The third kappa shape index (κ3) is 7.33. The summed E-state index contributed by atoms with van der Waals surface area (Å²) in [6, 6.07) is 0. The first-order valence-corrected chi connectivity index (χ1v) is 4.15. The zero-order chi connectivity index (χ0) is 8.53. The summed E-state index contributed by atoms with van der Waals surface area (Å²) in [5.74, 6) is 0.118. The number of nitrogens with one attached hydrogen (secondary N) is 1. The number of carbonyl (C=O) groups excluding carboxylic acids is 1. The van der Waals surface area contributed by atoms with E-state index in [-0.39, 0.29) is 5.91 Å². The zero-order valence-electron chi connectivity index (χ0n) is 7.35. The van der Waals surface area contributed by atoms with Gasteiger partial charge in [-0.1, -0.05) is 0 Å². The van der Waals surface area contributed by atoms with Crippen LogP contribution in [-0.2, 0) is 9.53 Å². The molecule has 0 fully saturated rings. The SMILES string of the molecule is CCNC(=O)CCCOCC. The highest BCUT2D eigenvalue weighted by molar-refractivity contribution is 5.75. The summed E-state index contributed by atoms with van der Waals surface area (Å²) in [5.41, 5.74) is 0. The summed E-state index contributed by atoms with van der Waals surface area (Å²) in [4.78, 5) is 10.8. The predicted molar refractivity (Wildman–Crippen MR) is 44.4 cm³/mol. The minimum atomic E-state index is 0.118. The Morgan fingerprint density at radius 1 is 1.45 bits per heavy atom. The van der Waals surface area contributed by atoms with Crippen LogP contribution >= 0.6 is 0 Å². The molecule has 0 atom stereocenters. The van der Waals surface area contributed by atoms with Gasteiger partial charge in [0.05, 0.1) is 0 Å². The third-order valence-electron chi connectivity index (χ3n) is 1.27. The van der Waals surface area contributed by atoms with Gasteiger partial charge < -0.3 is 10.1 Å². The molecule has 1 amide bonds. The second-order valence-electron chi connectivity index (χ2n) is 2.25. The van der Waals surface area contributed by atoms with Crippen LogP contribution in [0.1, 0.15) is 26.7 Å². The van der Waals surface area contributed by atoms with E-state index in [1.807, 2.05) is 13.8 Å². The molecule has 0 saturated heterocycles. The Kier molecular flexibility index (Phi) is 7.15. The van der Waals surface area contributed by atoms with Crippen molar-refractivity contribution in [2.24, 2.45) is 0 Å². The van der Waals surface area contributed by atoms with E-state index in [0.717, 1.165) is 13.0 Å². The van der Waals surface area contributed by atoms with Crippen LogP contribution in [0.3, 0.4) is 0 Å². The molecule has 0 aromatic heterocycles. The van der Waals surface area contributed by atoms with Gasteiger partial charge in [-0.2, -0.15) is 0 Å². The zero-order valence-corrected chi connectivity index (χ0v) is 7.35. The molecule has 0 aliphatic carbocycles. The Bertz CT molecular complexity index is 104. The molecule has 0 aromatic carbocycles. The summed E-state index contributed by atoms with van der Waals surface area (Å²) >= 11 is 0. The van der Waals surface area contributed by atoms with Crippen LogP contribution in [0.5, 0.6) is 0 Å². The van der Waals surface area contributed by atoms with E-state index in [2.05, 4.69) is 5.32 Å². The molecule has 0 aromatic rings. The van der Waals surface area contributed by atoms with Crippen LogP contribution in [-0.4, -0.2) is 25.7 Å². The predicted octanol–water partition coefficient (Wildman–Crippen LogP) is 0.939. The van der Waals surface area contributed by atoms with Crippen molar-refractivity contribution in [3.63, 3.8) is 0 Å². The number of rotatable bonds is 6. The number of hydrogen-bond acceptors (Lipinski definition) is 2. The van der Waals surface area contributed by atoms with E-state index in [4.69, 9.17) is 4.74 Å². The molecule has 0 aliphatic heterocycles. The van der Waals surface area contributed by atoms with Gasteiger partial charge in [0.1, 0.15) is 0 Å². The average Bonchev–Trinajstić information content (AvgIpc) is 1.99. The summed E-state index contributed by atoms with van der Waals surface area (Å²) in [7, 11) is 0. The molecule has 0 aliphatic rings. The molecule has 3 nitrogen and oxygen atoms in total. The smallest absolute Gasteiger partial charge is 0.220 e. The molecular formula is C8H17NO2. The van der Waals surface area contributed by atoms with Crippen molar-refractivity contribution in [1.82, 2.24) is 5.32 Å². The monoisotopic (exact) mass is 159 g/mol. The highest BCUT2D eigenvalue weighted by Gasteiger charge is 1.97. The fraction of sp³-hybridized carbons (Fsp3) is 0.875. The highest BCUT2D eigenvalue weighted by Crippen LogP contribution is 1.89. The third-order valence-corrected chi connectivity index (χ3v) is 1.27. The standard InChI is InChI=1S/C8H17NO2/c1-3-9-8(10)6-5-7-11-4-2/h3-7H2,1-2H3,(H,9,10). The minimum absolute atomic E-state index is 0.118. The van der Waals surface area contributed by atoms with Crippen molar-refractivity contribution in [3.8, 4) is 0 Å². The van der Waals surface area contributed by atoms with Crippen molar-refractivity contribution >= 4 is 5.91 Å². The van der Waals surface area contributed by atoms with Crippen LogP contribution < -0.4 is 5.32 Å². The topological polar surface area (TPSA) is 38.3 Å². The van der Waals surface area contributed by atoms with Crippen molar-refractivity contribution in [2.75, 3.05) is 19.8 Å². The van der Waals surface area contributed by atoms with E-state index < -0.39 is 0 Å². The molecule has 11 heavy (non-hydrogen) atoms. The van der Waals surface area contributed by atoms with E-state index in [9.17, 15) is 4.79 Å². The lowest BCUT2D eigenvalue weighted by Gasteiger charge is -2.01. The highest BCUT2D eigenvalue weighted by atomic mass is 16.5. The molecule has 0 bridgehead atoms. The minimum Gasteiger partial charge on any atom is -0.382 e. The quantitative estimate of drug-likeness (QED) is 0.586. The second-order valence-corrected chi connectivity index (χ2v) is 2.25. The van der Waals surface area contributed by atoms with Gasteiger partial charge in [0.15, 0.2) is 0 Å². The maximum absolute atomic E-state index is 10.8. The van der Waals surface area contributed by atoms with Gasteiger partial charge in [0.25, 0.3) is 0 Å². The molecular weight excluding hydrogens is 142 g/mol. The normalized spacial score (nSPS) is 9.64. The Morgan fingerprint density at radius 3 is 2.73 bits per heavy atom. The van der Waals surface area contributed by atoms with Gasteiger partial charge in [-0.3, -0.25) is 4.79 Å². The van der Waals surface area contributed by atoms with E-state index in [0.29, 0.717) is 19.6 Å². The molecule has 0 saturated carbocycles. The molecule has 3 heteroatoms. The van der Waals surface area contributed by atoms with Gasteiger partial charge in [0.2, 0.25) is 5.91 Å². The van der Waals surface area contributed by atoms with Crippen molar-refractivity contribution in [2.45, 2.75) is 26.7 Å². The fourth-order valence-electron chi connectivity index (χ4n) is 0.765. The average molecular weight is 159 g/mol. The maximum Gasteiger partial charge on any atom is 0.220 e. The Balaban J connectivity index is 3.04. The summed E-state index contributed by atoms with van der Waals surface area (Å²) in [6.45, 7) is 6.00. The molecule has 0 radical (unpaired) electrons. The van der Waals surface area contributed by atoms with Crippen LogP contribution in [0.25, 0.3) is 0 Å². The number of ether oxygens (including phenoxy) is 1. The molecule has 0 unspecified atom stereocenters. The van der Waals surface area contributed by atoms with Crippen molar-refractivity contribution in [1.29, 1.82) is 0 Å². The Labute approximate surface area is 68.1 Å². The van der Waals surface area contributed by atoms with Gasteiger partial charge in [0, 0.05) is 26.2 Å².